The Kier molecular flexibility index (Phi) is 6.07. The maximum atomic E-state index is 11.8. The Balaban J connectivity index is 3.17. The van der Waals surface area contributed by atoms with Gasteiger partial charge in [-0.2, -0.15) is 0 Å². The monoisotopic (exact) mass is 280 g/mol. The molecule has 1 rings (SSSR count). The van der Waals surface area contributed by atoms with Crippen LogP contribution in [0.25, 0.3) is 0 Å². The summed E-state index contributed by atoms with van der Waals surface area (Å²) >= 11 is 0. The Morgan fingerprint density at radius 2 is 1.95 bits per heavy atom. The first-order valence-electron chi connectivity index (χ1n) is 7.19. The summed E-state index contributed by atoms with van der Waals surface area (Å²) < 4.78 is 10.8. The summed E-state index contributed by atoms with van der Waals surface area (Å²) in [4.78, 5) is 20.7. The quantitative estimate of drug-likeness (QED) is 0.719. The molecule has 0 N–H and O–H groups in total. The molecule has 0 radical (unpaired) electrons. The summed E-state index contributed by atoms with van der Waals surface area (Å²) in [6.45, 7) is 10.6. The molecule has 5 heteroatoms. The molecular formula is C15H24N2O3. The predicted molar refractivity (Wildman–Crippen MR) is 76.6 cm³/mol. The molecule has 112 valence electrons. The molecular weight excluding hydrogens is 256 g/mol. The summed E-state index contributed by atoms with van der Waals surface area (Å²) in [5.41, 5.74) is 0.618. The zero-order valence-electron chi connectivity index (χ0n) is 13.0. The highest BCUT2D eigenvalue weighted by Crippen LogP contribution is 2.26. The van der Waals surface area contributed by atoms with Gasteiger partial charge < -0.3 is 9.47 Å². The third-order valence-corrected chi connectivity index (χ3v) is 3.31. The summed E-state index contributed by atoms with van der Waals surface area (Å²) in [6.07, 6.45) is 2.96. The SMILES string of the molecule is CCOC(=O)c1cnc(C(C)(CC)OCC)nc1CC. The van der Waals surface area contributed by atoms with Crippen molar-refractivity contribution >= 4 is 5.97 Å². The number of esters is 1. The summed E-state index contributed by atoms with van der Waals surface area (Å²) in [5, 5.41) is 0. The summed E-state index contributed by atoms with van der Waals surface area (Å²) in [6, 6.07) is 0. The molecule has 0 aromatic carbocycles. The molecule has 0 aliphatic carbocycles. The van der Waals surface area contributed by atoms with Gasteiger partial charge in [0.25, 0.3) is 0 Å². The summed E-state index contributed by atoms with van der Waals surface area (Å²) in [5.74, 6) is 0.247. The van der Waals surface area contributed by atoms with E-state index in [1.165, 1.54) is 0 Å². The first-order chi connectivity index (χ1) is 9.52. The average Bonchev–Trinajstić information content (AvgIpc) is 2.46. The van der Waals surface area contributed by atoms with Gasteiger partial charge in [0.1, 0.15) is 5.60 Å². The van der Waals surface area contributed by atoms with Crippen LogP contribution in [0, 0.1) is 0 Å². The molecule has 0 saturated heterocycles. The molecule has 0 aliphatic rings. The van der Waals surface area contributed by atoms with Crippen LogP contribution in [0.2, 0.25) is 0 Å². The number of aryl methyl sites for hydroxylation is 1. The lowest BCUT2D eigenvalue weighted by Gasteiger charge is -2.27. The number of hydrogen-bond donors (Lipinski definition) is 0. The Morgan fingerprint density at radius 3 is 2.45 bits per heavy atom. The van der Waals surface area contributed by atoms with Gasteiger partial charge in [0.05, 0.1) is 17.9 Å². The molecule has 1 unspecified atom stereocenters. The van der Waals surface area contributed by atoms with Gasteiger partial charge in [-0.25, -0.2) is 14.8 Å². The van der Waals surface area contributed by atoms with Crippen molar-refractivity contribution in [1.82, 2.24) is 9.97 Å². The molecule has 1 heterocycles. The fraction of sp³-hybridized carbons (Fsp3) is 0.667. The lowest BCUT2D eigenvalue weighted by atomic mass is 10.0. The van der Waals surface area contributed by atoms with Crippen molar-refractivity contribution in [2.24, 2.45) is 0 Å². The molecule has 1 aromatic rings. The molecule has 1 atom stereocenters. The number of hydrogen-bond acceptors (Lipinski definition) is 5. The van der Waals surface area contributed by atoms with Crippen molar-refractivity contribution in [3.05, 3.63) is 23.3 Å². The predicted octanol–water partition coefficient (Wildman–Crippen LogP) is 2.88. The fourth-order valence-corrected chi connectivity index (χ4v) is 1.96. The Hall–Kier alpha value is -1.49. The topological polar surface area (TPSA) is 61.3 Å². The number of carbonyl (C=O) groups is 1. The standard InChI is InChI=1S/C15H24N2O3/c1-6-12-11(13(18)19-8-3)10-16-14(17-12)15(5,7-2)20-9-4/h10H,6-9H2,1-5H3. The Labute approximate surface area is 120 Å². The number of rotatable bonds is 7. The van der Waals surface area contributed by atoms with Gasteiger partial charge in [0.15, 0.2) is 5.82 Å². The molecule has 0 amide bonds. The lowest BCUT2D eigenvalue weighted by Crippen LogP contribution is -2.29. The van der Waals surface area contributed by atoms with Crippen LogP contribution in [0.1, 0.15) is 62.9 Å². The van der Waals surface area contributed by atoms with Crippen LogP contribution in [-0.4, -0.2) is 29.2 Å². The van der Waals surface area contributed by atoms with Crippen molar-refractivity contribution in [3.8, 4) is 0 Å². The Morgan fingerprint density at radius 1 is 1.25 bits per heavy atom. The first-order valence-corrected chi connectivity index (χ1v) is 7.19. The second kappa shape index (κ2) is 7.33. The molecule has 0 bridgehead atoms. The number of carbonyl (C=O) groups excluding carboxylic acids is 1. The molecule has 0 spiro atoms. The van der Waals surface area contributed by atoms with E-state index in [4.69, 9.17) is 9.47 Å². The van der Waals surface area contributed by atoms with Gasteiger partial charge in [0.2, 0.25) is 0 Å². The van der Waals surface area contributed by atoms with E-state index in [0.29, 0.717) is 36.7 Å². The van der Waals surface area contributed by atoms with E-state index in [2.05, 4.69) is 9.97 Å². The second-order valence-electron chi connectivity index (χ2n) is 4.65. The number of ether oxygens (including phenoxy) is 2. The van der Waals surface area contributed by atoms with Crippen molar-refractivity contribution in [3.63, 3.8) is 0 Å². The zero-order chi connectivity index (χ0) is 15.2. The van der Waals surface area contributed by atoms with Crippen molar-refractivity contribution < 1.29 is 14.3 Å². The largest absolute Gasteiger partial charge is 0.462 e. The Bertz CT molecular complexity index is 462. The van der Waals surface area contributed by atoms with Crippen LogP contribution in [0.15, 0.2) is 6.20 Å². The zero-order valence-corrected chi connectivity index (χ0v) is 13.0. The number of aromatic nitrogens is 2. The van der Waals surface area contributed by atoms with Gasteiger partial charge >= 0.3 is 5.97 Å². The van der Waals surface area contributed by atoms with Gasteiger partial charge in [-0.05, 0) is 33.6 Å². The van der Waals surface area contributed by atoms with E-state index < -0.39 is 5.60 Å². The number of nitrogens with zero attached hydrogens (tertiary/aromatic N) is 2. The second-order valence-corrected chi connectivity index (χ2v) is 4.65. The van der Waals surface area contributed by atoms with E-state index in [-0.39, 0.29) is 5.97 Å². The fourth-order valence-electron chi connectivity index (χ4n) is 1.96. The first kappa shape index (κ1) is 16.6. The van der Waals surface area contributed by atoms with Crippen LogP contribution in [0.3, 0.4) is 0 Å². The van der Waals surface area contributed by atoms with Crippen LogP contribution in [0.4, 0.5) is 0 Å². The molecule has 20 heavy (non-hydrogen) atoms. The van der Waals surface area contributed by atoms with Crippen molar-refractivity contribution in [1.29, 1.82) is 0 Å². The van der Waals surface area contributed by atoms with Crippen LogP contribution < -0.4 is 0 Å². The molecule has 0 aliphatic heterocycles. The normalized spacial score (nSPS) is 13.8. The van der Waals surface area contributed by atoms with Gasteiger partial charge in [0, 0.05) is 12.8 Å². The highest BCUT2D eigenvalue weighted by atomic mass is 16.5. The third kappa shape index (κ3) is 3.54. The van der Waals surface area contributed by atoms with E-state index in [1.54, 1.807) is 13.1 Å². The van der Waals surface area contributed by atoms with Crippen LogP contribution in [-0.2, 0) is 21.5 Å². The minimum Gasteiger partial charge on any atom is -0.462 e. The molecule has 0 fully saturated rings. The maximum absolute atomic E-state index is 11.8. The lowest BCUT2D eigenvalue weighted by molar-refractivity contribution is -0.0392. The van der Waals surface area contributed by atoms with Crippen molar-refractivity contribution in [2.45, 2.75) is 53.1 Å². The van der Waals surface area contributed by atoms with Gasteiger partial charge in [-0.3, -0.25) is 0 Å². The molecule has 1 aromatic heterocycles. The minimum atomic E-state index is -0.522. The third-order valence-electron chi connectivity index (χ3n) is 3.31. The van der Waals surface area contributed by atoms with E-state index in [0.717, 1.165) is 6.42 Å². The van der Waals surface area contributed by atoms with Crippen molar-refractivity contribution in [2.75, 3.05) is 13.2 Å². The summed E-state index contributed by atoms with van der Waals surface area (Å²) in [7, 11) is 0. The molecule has 5 nitrogen and oxygen atoms in total. The highest BCUT2D eigenvalue weighted by Gasteiger charge is 2.29. The van der Waals surface area contributed by atoms with Crippen LogP contribution in [0.5, 0.6) is 0 Å². The maximum Gasteiger partial charge on any atom is 0.341 e. The van der Waals surface area contributed by atoms with Crippen LogP contribution >= 0.6 is 0 Å². The van der Waals surface area contributed by atoms with E-state index >= 15 is 0 Å². The van der Waals surface area contributed by atoms with Gasteiger partial charge in [-0.15, -0.1) is 0 Å². The smallest absolute Gasteiger partial charge is 0.341 e. The average molecular weight is 280 g/mol. The highest BCUT2D eigenvalue weighted by molar-refractivity contribution is 5.90. The molecule has 0 saturated carbocycles. The van der Waals surface area contributed by atoms with Gasteiger partial charge in [-0.1, -0.05) is 13.8 Å². The van der Waals surface area contributed by atoms with E-state index in [1.807, 2.05) is 27.7 Å². The minimum absolute atomic E-state index is 0.343. The van der Waals surface area contributed by atoms with E-state index in [9.17, 15) is 4.79 Å².